The molecule has 5 nitrogen and oxygen atoms in total. The van der Waals surface area contributed by atoms with Gasteiger partial charge in [0.2, 0.25) is 5.91 Å². The lowest BCUT2D eigenvalue weighted by atomic mass is 10.2. The molecule has 6 heteroatoms. The van der Waals surface area contributed by atoms with Crippen molar-refractivity contribution < 1.29 is 4.79 Å². The van der Waals surface area contributed by atoms with E-state index in [0.29, 0.717) is 16.7 Å². The van der Waals surface area contributed by atoms with Gasteiger partial charge in [-0.3, -0.25) is 14.7 Å². The zero-order chi connectivity index (χ0) is 14.1. The van der Waals surface area contributed by atoms with Crippen molar-refractivity contribution in [1.82, 2.24) is 10.2 Å². The van der Waals surface area contributed by atoms with Crippen LogP contribution in [-0.2, 0) is 4.79 Å². The van der Waals surface area contributed by atoms with Gasteiger partial charge in [0.15, 0.2) is 5.84 Å². The molecule has 1 aromatic rings. The minimum absolute atomic E-state index is 0.0483. The minimum Gasteiger partial charge on any atom is -0.349 e. The van der Waals surface area contributed by atoms with Gasteiger partial charge in [-0.05, 0) is 12.1 Å². The average Bonchev–Trinajstić information content (AvgIpc) is 2.64. The normalized spacial score (nSPS) is 18.5. The molecule has 0 aliphatic carbocycles. The molecule has 0 saturated carbocycles. The number of likely N-dealkylation sites (N-methyl/N-ethyl adjacent to an activating group) is 1. The predicted molar refractivity (Wildman–Crippen MR) is 79.1 cm³/mol. The first-order chi connectivity index (χ1) is 9.66. The Morgan fingerprint density at radius 2 is 2.05 bits per heavy atom. The number of benzene rings is 1. The van der Waals surface area contributed by atoms with Crippen LogP contribution in [0.25, 0.3) is 0 Å². The van der Waals surface area contributed by atoms with Gasteiger partial charge in [0.05, 0.1) is 0 Å². The fourth-order valence-electron chi connectivity index (χ4n) is 2.11. The van der Waals surface area contributed by atoms with Crippen molar-refractivity contribution in [2.75, 3.05) is 18.5 Å². The van der Waals surface area contributed by atoms with Gasteiger partial charge >= 0.3 is 0 Å². The minimum atomic E-state index is -0.0483. The number of hydrogen-bond donors (Lipinski definition) is 1. The highest BCUT2D eigenvalue weighted by molar-refractivity contribution is 6.30. The van der Waals surface area contributed by atoms with E-state index < -0.39 is 0 Å². The van der Waals surface area contributed by atoms with Crippen LogP contribution < -0.4 is 10.2 Å². The molecular formula is C14H13ClN4O. The number of hydrogen-bond acceptors (Lipinski definition) is 4. The van der Waals surface area contributed by atoms with Crippen LogP contribution in [0.4, 0.5) is 5.69 Å². The standard InChI is InChI=1S/C14H13ClN4O/c1-18-11-7-16-12(15)9-19(10-5-3-2-4-6-10)14(11)17-8-13(18)20/h2-7,9,16H,8H2,1H3. The molecule has 0 unspecified atom stereocenters. The maximum Gasteiger partial charge on any atom is 0.248 e. The van der Waals surface area contributed by atoms with E-state index in [1.807, 2.05) is 35.2 Å². The summed E-state index contributed by atoms with van der Waals surface area (Å²) in [5.41, 5.74) is 1.62. The van der Waals surface area contributed by atoms with Gasteiger partial charge in [-0.1, -0.05) is 29.8 Å². The summed E-state index contributed by atoms with van der Waals surface area (Å²) >= 11 is 6.12. The second-order valence-corrected chi connectivity index (χ2v) is 4.86. The Morgan fingerprint density at radius 3 is 2.80 bits per heavy atom. The van der Waals surface area contributed by atoms with Gasteiger partial charge in [-0.2, -0.15) is 0 Å². The Balaban J connectivity index is 2.11. The van der Waals surface area contributed by atoms with E-state index in [2.05, 4.69) is 10.3 Å². The molecule has 0 saturated heterocycles. The summed E-state index contributed by atoms with van der Waals surface area (Å²) in [6.07, 6.45) is 3.44. The van der Waals surface area contributed by atoms with Crippen molar-refractivity contribution in [2.24, 2.45) is 4.99 Å². The molecule has 0 fully saturated rings. The van der Waals surface area contributed by atoms with Gasteiger partial charge in [0.25, 0.3) is 0 Å². The van der Waals surface area contributed by atoms with E-state index in [9.17, 15) is 4.79 Å². The zero-order valence-electron chi connectivity index (χ0n) is 10.9. The summed E-state index contributed by atoms with van der Waals surface area (Å²) in [4.78, 5) is 19.6. The Bertz CT molecular complexity index is 636. The smallest absolute Gasteiger partial charge is 0.248 e. The van der Waals surface area contributed by atoms with Crippen molar-refractivity contribution in [3.8, 4) is 0 Å². The lowest BCUT2D eigenvalue weighted by Gasteiger charge is -2.30. The van der Waals surface area contributed by atoms with Gasteiger partial charge in [-0.15, -0.1) is 0 Å². The van der Waals surface area contributed by atoms with E-state index in [4.69, 9.17) is 11.6 Å². The van der Waals surface area contributed by atoms with Crippen molar-refractivity contribution in [2.45, 2.75) is 0 Å². The first kappa shape index (κ1) is 12.7. The lowest BCUT2D eigenvalue weighted by Crippen LogP contribution is -2.42. The summed E-state index contributed by atoms with van der Waals surface area (Å²) in [5, 5.41) is 3.40. The summed E-state index contributed by atoms with van der Waals surface area (Å²) in [6.45, 7) is 0.137. The van der Waals surface area contributed by atoms with E-state index in [1.165, 1.54) is 0 Å². The van der Waals surface area contributed by atoms with Crippen LogP contribution in [0.5, 0.6) is 0 Å². The fourth-order valence-corrected chi connectivity index (χ4v) is 2.26. The number of nitrogens with zero attached hydrogens (tertiary/aromatic N) is 3. The second-order valence-electron chi connectivity index (χ2n) is 4.45. The molecule has 0 spiro atoms. The average molecular weight is 289 g/mol. The van der Waals surface area contributed by atoms with Gasteiger partial charge in [0.1, 0.15) is 17.4 Å². The first-order valence-corrected chi connectivity index (χ1v) is 6.54. The van der Waals surface area contributed by atoms with Crippen LogP contribution in [0.1, 0.15) is 0 Å². The maximum absolute atomic E-state index is 11.8. The van der Waals surface area contributed by atoms with Crippen molar-refractivity contribution in [3.05, 3.63) is 53.6 Å². The summed E-state index contributed by atoms with van der Waals surface area (Å²) in [5.74, 6) is 0.647. The number of carbonyl (C=O) groups is 1. The topological polar surface area (TPSA) is 47.9 Å². The summed E-state index contributed by atoms with van der Waals surface area (Å²) in [7, 11) is 1.73. The number of para-hydroxylation sites is 1. The van der Waals surface area contributed by atoms with E-state index in [-0.39, 0.29) is 12.5 Å². The molecule has 1 amide bonds. The molecule has 0 radical (unpaired) electrons. The Labute approximate surface area is 121 Å². The third kappa shape index (κ3) is 2.16. The van der Waals surface area contributed by atoms with Crippen LogP contribution in [0.15, 0.2) is 58.6 Å². The number of anilines is 1. The summed E-state index contributed by atoms with van der Waals surface area (Å²) in [6, 6.07) is 9.75. The molecule has 0 atom stereocenters. The molecule has 2 heterocycles. The predicted octanol–water partition coefficient (Wildman–Crippen LogP) is 1.85. The molecule has 102 valence electrons. The fraction of sp³-hybridized carbons (Fsp3) is 0.143. The van der Waals surface area contributed by atoms with E-state index in [1.54, 1.807) is 24.3 Å². The number of carbonyl (C=O) groups excluding carboxylic acids is 1. The lowest BCUT2D eigenvalue weighted by molar-refractivity contribution is -0.126. The molecule has 1 aromatic carbocycles. The van der Waals surface area contributed by atoms with Crippen molar-refractivity contribution >= 4 is 29.0 Å². The maximum atomic E-state index is 11.8. The molecule has 0 aromatic heterocycles. The third-order valence-corrected chi connectivity index (χ3v) is 3.39. The molecule has 2 aliphatic rings. The number of amides is 1. The zero-order valence-corrected chi connectivity index (χ0v) is 11.6. The molecule has 0 bridgehead atoms. The largest absolute Gasteiger partial charge is 0.349 e. The third-order valence-electron chi connectivity index (χ3n) is 3.18. The van der Waals surface area contributed by atoms with Crippen LogP contribution in [0, 0.1) is 0 Å². The SMILES string of the molecule is CN1C(=O)CN=C2C1=CNC(Cl)=CN2c1ccccc1. The number of amidine groups is 1. The highest BCUT2D eigenvalue weighted by Crippen LogP contribution is 2.24. The number of halogens is 1. The highest BCUT2D eigenvalue weighted by atomic mass is 35.5. The number of fused-ring (bicyclic) bond motifs is 1. The van der Waals surface area contributed by atoms with Gasteiger partial charge < -0.3 is 10.2 Å². The van der Waals surface area contributed by atoms with Gasteiger partial charge in [0, 0.05) is 25.1 Å². The number of aliphatic imine (C=N–C) groups is 1. The Kier molecular flexibility index (Phi) is 3.20. The van der Waals surface area contributed by atoms with Crippen molar-refractivity contribution in [3.63, 3.8) is 0 Å². The van der Waals surface area contributed by atoms with Crippen molar-refractivity contribution in [1.29, 1.82) is 0 Å². The van der Waals surface area contributed by atoms with E-state index in [0.717, 1.165) is 5.69 Å². The first-order valence-electron chi connectivity index (χ1n) is 6.16. The van der Waals surface area contributed by atoms with Crippen LogP contribution in [-0.4, -0.2) is 30.2 Å². The van der Waals surface area contributed by atoms with Crippen LogP contribution >= 0.6 is 11.6 Å². The van der Waals surface area contributed by atoms with Gasteiger partial charge in [-0.25, -0.2) is 0 Å². The molecule has 3 rings (SSSR count). The van der Waals surface area contributed by atoms with Crippen LogP contribution in [0.3, 0.4) is 0 Å². The molecule has 1 N–H and O–H groups in total. The molecular weight excluding hydrogens is 276 g/mol. The Morgan fingerprint density at radius 1 is 1.30 bits per heavy atom. The summed E-state index contributed by atoms with van der Waals surface area (Å²) < 4.78 is 0. The monoisotopic (exact) mass is 288 g/mol. The second kappa shape index (κ2) is 5.02. The number of rotatable bonds is 1. The number of nitrogens with one attached hydrogen (secondary N) is 1. The van der Waals surface area contributed by atoms with Crippen LogP contribution in [0.2, 0.25) is 0 Å². The quantitative estimate of drug-likeness (QED) is 0.802. The highest BCUT2D eigenvalue weighted by Gasteiger charge is 2.28. The molecule has 2 aliphatic heterocycles. The molecule has 20 heavy (non-hydrogen) atoms. The Hall–Kier alpha value is -2.27. The van der Waals surface area contributed by atoms with E-state index >= 15 is 0 Å².